The fourth-order valence-electron chi connectivity index (χ4n) is 1.94. The van der Waals surface area contributed by atoms with Crippen LogP contribution < -0.4 is 5.32 Å². The van der Waals surface area contributed by atoms with E-state index in [9.17, 15) is 0 Å². The van der Waals surface area contributed by atoms with Crippen molar-refractivity contribution in [3.8, 4) is 0 Å². The average Bonchev–Trinajstić information content (AvgIpc) is 2.69. The van der Waals surface area contributed by atoms with Crippen molar-refractivity contribution in [1.82, 2.24) is 20.1 Å². The van der Waals surface area contributed by atoms with Crippen LogP contribution in [0.2, 0.25) is 0 Å². The SMILES string of the molecule is Cn1nc(C(C)(C)C)nc1C1CCNC1. The molecule has 1 N–H and O–H groups in total. The van der Waals surface area contributed by atoms with Gasteiger partial charge in [-0.3, -0.25) is 4.68 Å². The van der Waals surface area contributed by atoms with Crippen LogP contribution in [0.3, 0.4) is 0 Å². The molecule has 1 aliphatic heterocycles. The molecule has 15 heavy (non-hydrogen) atoms. The summed E-state index contributed by atoms with van der Waals surface area (Å²) < 4.78 is 1.94. The van der Waals surface area contributed by atoms with Crippen molar-refractivity contribution in [3.63, 3.8) is 0 Å². The lowest BCUT2D eigenvalue weighted by atomic mass is 9.96. The minimum absolute atomic E-state index is 0.0437. The summed E-state index contributed by atoms with van der Waals surface area (Å²) in [5, 5.41) is 7.87. The summed E-state index contributed by atoms with van der Waals surface area (Å²) in [7, 11) is 2.00. The lowest BCUT2D eigenvalue weighted by Crippen LogP contribution is -2.14. The first kappa shape index (κ1) is 10.6. The van der Waals surface area contributed by atoms with Crippen LogP contribution in [0, 0.1) is 0 Å². The Morgan fingerprint density at radius 1 is 1.40 bits per heavy atom. The van der Waals surface area contributed by atoms with Crippen LogP contribution >= 0.6 is 0 Å². The van der Waals surface area contributed by atoms with Crippen molar-refractivity contribution >= 4 is 0 Å². The molecule has 0 bridgehead atoms. The summed E-state index contributed by atoms with van der Waals surface area (Å²) in [6, 6.07) is 0. The van der Waals surface area contributed by atoms with Gasteiger partial charge in [0.05, 0.1) is 0 Å². The quantitative estimate of drug-likeness (QED) is 0.754. The largest absolute Gasteiger partial charge is 0.316 e. The average molecular weight is 208 g/mol. The van der Waals surface area contributed by atoms with E-state index in [1.54, 1.807) is 0 Å². The van der Waals surface area contributed by atoms with E-state index in [1.165, 1.54) is 6.42 Å². The van der Waals surface area contributed by atoms with E-state index in [4.69, 9.17) is 0 Å². The number of nitrogens with one attached hydrogen (secondary N) is 1. The van der Waals surface area contributed by atoms with E-state index in [2.05, 4.69) is 36.2 Å². The first-order valence-electron chi connectivity index (χ1n) is 5.60. The smallest absolute Gasteiger partial charge is 0.156 e. The van der Waals surface area contributed by atoms with Gasteiger partial charge in [-0.15, -0.1) is 0 Å². The number of aromatic nitrogens is 3. The molecule has 0 amide bonds. The number of rotatable bonds is 1. The van der Waals surface area contributed by atoms with Crippen molar-refractivity contribution in [3.05, 3.63) is 11.6 Å². The van der Waals surface area contributed by atoms with Crippen LogP contribution in [-0.4, -0.2) is 27.9 Å². The second-order valence-electron chi connectivity index (χ2n) is 5.36. The van der Waals surface area contributed by atoms with Crippen LogP contribution in [0.4, 0.5) is 0 Å². The van der Waals surface area contributed by atoms with E-state index in [0.717, 1.165) is 24.7 Å². The third-order valence-electron chi connectivity index (χ3n) is 2.89. The number of hydrogen-bond acceptors (Lipinski definition) is 3. The van der Waals surface area contributed by atoms with Crippen LogP contribution in [0.15, 0.2) is 0 Å². The number of aryl methyl sites for hydroxylation is 1. The van der Waals surface area contributed by atoms with E-state index in [1.807, 2.05) is 11.7 Å². The van der Waals surface area contributed by atoms with Crippen molar-refractivity contribution in [2.75, 3.05) is 13.1 Å². The molecular weight excluding hydrogens is 188 g/mol. The number of hydrogen-bond donors (Lipinski definition) is 1. The van der Waals surface area contributed by atoms with Crippen molar-refractivity contribution in [1.29, 1.82) is 0 Å². The molecule has 1 fully saturated rings. The highest BCUT2D eigenvalue weighted by Gasteiger charge is 2.26. The molecule has 0 radical (unpaired) electrons. The molecule has 2 heterocycles. The Labute approximate surface area is 91.1 Å². The fraction of sp³-hybridized carbons (Fsp3) is 0.818. The summed E-state index contributed by atoms with van der Waals surface area (Å²) in [6.45, 7) is 8.59. The Bertz CT molecular complexity index is 342. The van der Waals surface area contributed by atoms with Crippen LogP contribution in [-0.2, 0) is 12.5 Å². The third-order valence-corrected chi connectivity index (χ3v) is 2.89. The standard InChI is InChI=1S/C11H20N4/c1-11(2,3)10-13-9(15(4)14-10)8-5-6-12-7-8/h8,12H,5-7H2,1-4H3. The molecule has 4 nitrogen and oxygen atoms in total. The van der Waals surface area contributed by atoms with E-state index >= 15 is 0 Å². The van der Waals surface area contributed by atoms with Gasteiger partial charge in [-0.1, -0.05) is 20.8 Å². The van der Waals surface area contributed by atoms with Crippen molar-refractivity contribution in [2.45, 2.75) is 38.5 Å². The minimum atomic E-state index is 0.0437. The van der Waals surface area contributed by atoms with Gasteiger partial charge in [-0.25, -0.2) is 4.98 Å². The van der Waals surface area contributed by atoms with Gasteiger partial charge in [0, 0.05) is 24.9 Å². The molecule has 1 aromatic heterocycles. The topological polar surface area (TPSA) is 42.7 Å². The van der Waals surface area contributed by atoms with Crippen LogP contribution in [0.5, 0.6) is 0 Å². The Morgan fingerprint density at radius 2 is 2.13 bits per heavy atom. The summed E-state index contributed by atoms with van der Waals surface area (Å²) in [5.41, 5.74) is 0.0437. The predicted molar refractivity (Wildman–Crippen MR) is 59.9 cm³/mol. The van der Waals surface area contributed by atoms with E-state index < -0.39 is 0 Å². The molecule has 1 aliphatic rings. The van der Waals surface area contributed by atoms with Gasteiger partial charge in [0.2, 0.25) is 0 Å². The zero-order chi connectivity index (χ0) is 11.1. The molecule has 4 heteroatoms. The highest BCUT2D eigenvalue weighted by molar-refractivity contribution is 5.08. The molecule has 2 rings (SSSR count). The molecule has 0 aromatic carbocycles. The van der Waals surface area contributed by atoms with Gasteiger partial charge in [-0.05, 0) is 13.0 Å². The molecule has 1 aromatic rings. The second-order valence-corrected chi connectivity index (χ2v) is 5.36. The first-order valence-corrected chi connectivity index (χ1v) is 5.60. The monoisotopic (exact) mass is 208 g/mol. The third kappa shape index (κ3) is 2.04. The number of nitrogens with zero attached hydrogens (tertiary/aromatic N) is 3. The van der Waals surface area contributed by atoms with Gasteiger partial charge < -0.3 is 5.32 Å². The van der Waals surface area contributed by atoms with E-state index in [-0.39, 0.29) is 5.41 Å². The Kier molecular flexibility index (Phi) is 2.54. The fourth-order valence-corrected chi connectivity index (χ4v) is 1.94. The minimum Gasteiger partial charge on any atom is -0.316 e. The predicted octanol–water partition coefficient (Wildman–Crippen LogP) is 1.19. The molecule has 1 atom stereocenters. The maximum atomic E-state index is 4.67. The van der Waals surface area contributed by atoms with Gasteiger partial charge >= 0.3 is 0 Å². The Hall–Kier alpha value is -0.900. The molecule has 0 aliphatic carbocycles. The van der Waals surface area contributed by atoms with Gasteiger partial charge in [-0.2, -0.15) is 5.10 Å². The van der Waals surface area contributed by atoms with Crippen LogP contribution in [0.25, 0.3) is 0 Å². The zero-order valence-electron chi connectivity index (χ0n) is 10.0. The molecule has 0 spiro atoms. The van der Waals surface area contributed by atoms with Crippen molar-refractivity contribution < 1.29 is 0 Å². The highest BCUT2D eigenvalue weighted by Crippen LogP contribution is 2.24. The van der Waals surface area contributed by atoms with Crippen LogP contribution in [0.1, 0.15) is 44.8 Å². The molecular formula is C11H20N4. The maximum Gasteiger partial charge on any atom is 0.156 e. The normalized spacial score (nSPS) is 22.3. The van der Waals surface area contributed by atoms with Gasteiger partial charge in [0.15, 0.2) is 5.82 Å². The highest BCUT2D eigenvalue weighted by atomic mass is 15.3. The molecule has 84 valence electrons. The first-order chi connectivity index (χ1) is 6.98. The Balaban J connectivity index is 2.29. The van der Waals surface area contributed by atoms with Gasteiger partial charge in [0.1, 0.15) is 5.82 Å². The second kappa shape index (κ2) is 3.59. The van der Waals surface area contributed by atoms with Gasteiger partial charge in [0.25, 0.3) is 0 Å². The summed E-state index contributed by atoms with van der Waals surface area (Å²) in [6.07, 6.45) is 1.18. The summed E-state index contributed by atoms with van der Waals surface area (Å²) >= 11 is 0. The van der Waals surface area contributed by atoms with E-state index in [0.29, 0.717) is 5.92 Å². The van der Waals surface area contributed by atoms with Crippen molar-refractivity contribution in [2.24, 2.45) is 7.05 Å². The lowest BCUT2D eigenvalue weighted by Gasteiger charge is -2.12. The summed E-state index contributed by atoms with van der Waals surface area (Å²) in [5.74, 6) is 2.62. The molecule has 0 saturated carbocycles. The lowest BCUT2D eigenvalue weighted by molar-refractivity contribution is 0.538. The molecule has 1 saturated heterocycles. The summed E-state index contributed by atoms with van der Waals surface area (Å²) in [4.78, 5) is 4.67. The Morgan fingerprint density at radius 3 is 2.60 bits per heavy atom. The maximum absolute atomic E-state index is 4.67. The molecule has 1 unspecified atom stereocenters. The zero-order valence-corrected chi connectivity index (χ0v) is 10.0.